The van der Waals surface area contributed by atoms with E-state index in [2.05, 4.69) is 27.1 Å². The van der Waals surface area contributed by atoms with E-state index >= 15 is 0 Å². The van der Waals surface area contributed by atoms with Crippen LogP contribution in [0.25, 0.3) is 5.65 Å². The molecule has 2 aromatic rings. The number of hydrogen-bond donors (Lipinski definition) is 0. The number of aromatic nitrogens is 4. The molecule has 1 aliphatic heterocycles. The molecule has 17 heavy (non-hydrogen) atoms. The smallest absolute Gasteiger partial charge is 0.177 e. The van der Waals surface area contributed by atoms with Gasteiger partial charge in [-0.3, -0.25) is 0 Å². The average Bonchev–Trinajstić information content (AvgIpc) is 2.72. The Hall–Kier alpha value is -1.30. The molecule has 90 valence electrons. The van der Waals surface area contributed by atoms with Gasteiger partial charge in [0.15, 0.2) is 11.5 Å². The minimum Gasteiger partial charge on any atom is -0.352 e. The monoisotopic (exact) mass is 249 g/mol. The zero-order valence-corrected chi connectivity index (χ0v) is 10.9. The third-order valence-corrected chi connectivity index (χ3v) is 3.95. The Bertz CT molecular complexity index is 544. The van der Waals surface area contributed by atoms with Gasteiger partial charge in [0.05, 0.1) is 11.4 Å². The largest absolute Gasteiger partial charge is 0.352 e. The van der Waals surface area contributed by atoms with E-state index in [4.69, 9.17) is 0 Å². The van der Waals surface area contributed by atoms with Crippen molar-refractivity contribution in [2.75, 3.05) is 29.5 Å². The molecule has 0 radical (unpaired) electrons. The molecule has 3 heterocycles. The average molecular weight is 249 g/mol. The number of hydrogen-bond acceptors (Lipinski definition) is 5. The number of thioether (sulfide) groups is 1. The summed E-state index contributed by atoms with van der Waals surface area (Å²) >= 11 is 1.99. The molecule has 0 aliphatic carbocycles. The number of aryl methyl sites for hydroxylation is 2. The van der Waals surface area contributed by atoms with E-state index in [0.717, 1.165) is 47.4 Å². The maximum absolute atomic E-state index is 4.45. The maximum Gasteiger partial charge on any atom is 0.177 e. The highest BCUT2D eigenvalue weighted by atomic mass is 32.2. The summed E-state index contributed by atoms with van der Waals surface area (Å²) in [6, 6.07) is 1.95. The maximum atomic E-state index is 4.45. The van der Waals surface area contributed by atoms with Crippen LogP contribution in [0.4, 0.5) is 5.82 Å². The van der Waals surface area contributed by atoms with E-state index < -0.39 is 0 Å². The number of anilines is 1. The number of rotatable bonds is 1. The quantitative estimate of drug-likeness (QED) is 0.762. The van der Waals surface area contributed by atoms with E-state index in [1.807, 2.05) is 29.3 Å². The fourth-order valence-corrected chi connectivity index (χ4v) is 3.04. The Morgan fingerprint density at radius 1 is 1.18 bits per heavy atom. The Morgan fingerprint density at radius 2 is 1.94 bits per heavy atom. The first-order chi connectivity index (χ1) is 8.25. The van der Waals surface area contributed by atoms with Crippen LogP contribution >= 0.6 is 11.8 Å². The first kappa shape index (κ1) is 10.8. The summed E-state index contributed by atoms with van der Waals surface area (Å²) in [5, 5.41) is 13.0. The van der Waals surface area contributed by atoms with Crippen molar-refractivity contribution in [3.8, 4) is 0 Å². The van der Waals surface area contributed by atoms with Crippen molar-refractivity contribution in [3.05, 3.63) is 17.5 Å². The predicted molar refractivity (Wildman–Crippen MR) is 69.8 cm³/mol. The van der Waals surface area contributed by atoms with Crippen molar-refractivity contribution in [1.29, 1.82) is 0 Å². The fourth-order valence-electron chi connectivity index (χ4n) is 2.14. The summed E-state index contributed by atoms with van der Waals surface area (Å²) < 4.78 is 1.89. The van der Waals surface area contributed by atoms with Crippen LogP contribution in [0.1, 0.15) is 11.4 Å². The predicted octanol–water partition coefficient (Wildman–Crippen LogP) is 1.29. The molecular formula is C11H15N5S. The third kappa shape index (κ3) is 1.86. The minimum absolute atomic E-state index is 0.829. The first-order valence-corrected chi connectivity index (χ1v) is 6.93. The van der Waals surface area contributed by atoms with E-state index in [9.17, 15) is 0 Å². The van der Waals surface area contributed by atoms with Crippen LogP contribution in [0.2, 0.25) is 0 Å². The summed E-state index contributed by atoms with van der Waals surface area (Å²) in [6.07, 6.45) is 0. The second-order valence-corrected chi connectivity index (χ2v) is 5.49. The SMILES string of the molecule is Cc1cc2nnc(N3CCSCC3)c(C)n2n1. The van der Waals surface area contributed by atoms with Crippen LogP contribution in [0.15, 0.2) is 6.07 Å². The molecule has 6 heteroatoms. The molecule has 3 rings (SSSR count). The van der Waals surface area contributed by atoms with Crippen molar-refractivity contribution in [2.24, 2.45) is 0 Å². The Kier molecular flexibility index (Phi) is 2.66. The number of nitrogens with zero attached hydrogens (tertiary/aromatic N) is 5. The van der Waals surface area contributed by atoms with E-state index in [1.54, 1.807) is 0 Å². The lowest BCUT2D eigenvalue weighted by Crippen LogP contribution is -2.34. The van der Waals surface area contributed by atoms with Gasteiger partial charge in [0.2, 0.25) is 0 Å². The van der Waals surface area contributed by atoms with Gasteiger partial charge in [-0.1, -0.05) is 0 Å². The molecule has 0 saturated carbocycles. The second-order valence-electron chi connectivity index (χ2n) is 4.26. The zero-order chi connectivity index (χ0) is 11.8. The van der Waals surface area contributed by atoms with Crippen LogP contribution in [-0.4, -0.2) is 44.4 Å². The van der Waals surface area contributed by atoms with Crippen LogP contribution in [-0.2, 0) is 0 Å². The molecule has 1 aliphatic rings. The molecule has 0 amide bonds. The van der Waals surface area contributed by atoms with E-state index in [-0.39, 0.29) is 0 Å². The summed E-state index contributed by atoms with van der Waals surface area (Å²) in [7, 11) is 0. The lowest BCUT2D eigenvalue weighted by molar-refractivity contribution is 0.771. The minimum atomic E-state index is 0.829. The molecule has 0 bridgehead atoms. The molecule has 0 unspecified atom stereocenters. The van der Waals surface area contributed by atoms with Gasteiger partial charge < -0.3 is 4.90 Å². The summed E-state index contributed by atoms with van der Waals surface area (Å²) in [5.41, 5.74) is 2.89. The molecule has 0 aromatic carbocycles. The van der Waals surface area contributed by atoms with Crippen molar-refractivity contribution < 1.29 is 0 Å². The van der Waals surface area contributed by atoms with Gasteiger partial charge >= 0.3 is 0 Å². The highest BCUT2D eigenvalue weighted by molar-refractivity contribution is 7.99. The van der Waals surface area contributed by atoms with E-state index in [0.29, 0.717) is 0 Å². The summed E-state index contributed by atoms with van der Waals surface area (Å²) in [6.45, 7) is 6.13. The Labute approximate surface area is 104 Å². The summed E-state index contributed by atoms with van der Waals surface area (Å²) in [5.74, 6) is 3.30. The van der Waals surface area contributed by atoms with Crippen LogP contribution in [0.5, 0.6) is 0 Å². The molecule has 1 saturated heterocycles. The van der Waals surface area contributed by atoms with Crippen molar-refractivity contribution in [2.45, 2.75) is 13.8 Å². The van der Waals surface area contributed by atoms with Crippen molar-refractivity contribution in [3.63, 3.8) is 0 Å². The molecule has 0 N–H and O–H groups in total. The van der Waals surface area contributed by atoms with Gasteiger partial charge in [-0.05, 0) is 13.8 Å². The molecule has 1 fully saturated rings. The fraction of sp³-hybridized carbons (Fsp3) is 0.545. The highest BCUT2D eigenvalue weighted by Gasteiger charge is 2.17. The molecular weight excluding hydrogens is 234 g/mol. The lowest BCUT2D eigenvalue weighted by atomic mass is 10.4. The van der Waals surface area contributed by atoms with Crippen molar-refractivity contribution >= 4 is 23.2 Å². The van der Waals surface area contributed by atoms with Gasteiger partial charge in [-0.2, -0.15) is 16.9 Å². The Morgan fingerprint density at radius 3 is 2.71 bits per heavy atom. The highest BCUT2D eigenvalue weighted by Crippen LogP contribution is 2.20. The van der Waals surface area contributed by atoms with Gasteiger partial charge in [0.1, 0.15) is 0 Å². The van der Waals surface area contributed by atoms with Gasteiger partial charge in [-0.15, -0.1) is 10.2 Å². The molecule has 5 nitrogen and oxygen atoms in total. The lowest BCUT2D eigenvalue weighted by Gasteiger charge is -2.27. The first-order valence-electron chi connectivity index (χ1n) is 5.78. The standard InChI is InChI=1S/C11H15N5S/c1-8-7-10-12-13-11(9(2)16(10)14-8)15-3-5-17-6-4-15/h7H,3-6H2,1-2H3. The topological polar surface area (TPSA) is 46.3 Å². The van der Waals surface area contributed by atoms with Gasteiger partial charge in [-0.25, -0.2) is 4.52 Å². The molecule has 0 spiro atoms. The van der Waals surface area contributed by atoms with Crippen LogP contribution < -0.4 is 4.90 Å². The van der Waals surface area contributed by atoms with E-state index in [1.165, 1.54) is 0 Å². The van der Waals surface area contributed by atoms with Crippen LogP contribution in [0, 0.1) is 13.8 Å². The van der Waals surface area contributed by atoms with Gasteiger partial charge in [0.25, 0.3) is 0 Å². The third-order valence-electron chi connectivity index (χ3n) is 3.01. The molecule has 0 atom stereocenters. The zero-order valence-electron chi connectivity index (χ0n) is 10.1. The summed E-state index contributed by atoms with van der Waals surface area (Å²) in [4.78, 5) is 2.30. The Balaban J connectivity index is 2.06. The van der Waals surface area contributed by atoms with Crippen molar-refractivity contribution in [1.82, 2.24) is 19.8 Å². The van der Waals surface area contributed by atoms with Gasteiger partial charge in [0, 0.05) is 30.7 Å². The molecule has 2 aromatic heterocycles. The second kappa shape index (κ2) is 4.18. The van der Waals surface area contributed by atoms with Crippen LogP contribution in [0.3, 0.4) is 0 Å². The number of fused-ring (bicyclic) bond motifs is 1. The normalized spacial score (nSPS) is 16.7.